The molecule has 0 saturated carbocycles. The summed E-state index contributed by atoms with van der Waals surface area (Å²) in [5, 5.41) is 21.0. The first-order chi connectivity index (χ1) is 11.8. The summed E-state index contributed by atoms with van der Waals surface area (Å²) in [7, 11) is -3.04. The summed E-state index contributed by atoms with van der Waals surface area (Å²) < 4.78 is 37.1. The van der Waals surface area contributed by atoms with Gasteiger partial charge in [0.1, 0.15) is 21.7 Å². The molecule has 0 aliphatic heterocycles. The molecule has 2 rings (SSSR count). The van der Waals surface area contributed by atoms with Crippen molar-refractivity contribution in [2.24, 2.45) is 10.2 Å². The van der Waals surface area contributed by atoms with Crippen LogP contribution in [0.4, 0.5) is 22.7 Å². The molecule has 2 aromatic carbocycles. The minimum Gasteiger partial charge on any atom is -0.747 e. The molecular formula is C14H13N4NaO6S. The van der Waals surface area contributed by atoms with E-state index >= 15 is 0 Å². The number of non-ortho nitro benzene ring substituents is 1. The van der Waals surface area contributed by atoms with E-state index in [9.17, 15) is 23.1 Å². The van der Waals surface area contributed by atoms with Crippen molar-refractivity contribution in [2.75, 3.05) is 18.3 Å². The van der Waals surface area contributed by atoms with Crippen molar-refractivity contribution in [3.63, 3.8) is 0 Å². The van der Waals surface area contributed by atoms with Gasteiger partial charge in [-0.1, -0.05) is 0 Å². The fourth-order valence-electron chi connectivity index (χ4n) is 1.81. The number of anilines is 1. The van der Waals surface area contributed by atoms with E-state index in [2.05, 4.69) is 15.5 Å². The van der Waals surface area contributed by atoms with E-state index < -0.39 is 20.9 Å². The van der Waals surface area contributed by atoms with Crippen LogP contribution in [-0.2, 0) is 10.1 Å². The third-order valence-corrected chi connectivity index (χ3v) is 3.46. The molecule has 2 aromatic rings. The average molecular weight is 388 g/mol. The number of hydrogen-bond acceptors (Lipinski definition) is 9. The molecule has 0 aliphatic carbocycles. The van der Waals surface area contributed by atoms with Gasteiger partial charge in [-0.05, 0) is 24.3 Å². The van der Waals surface area contributed by atoms with E-state index in [0.29, 0.717) is 17.1 Å². The van der Waals surface area contributed by atoms with Gasteiger partial charge < -0.3 is 14.6 Å². The van der Waals surface area contributed by atoms with Gasteiger partial charge in [-0.3, -0.25) is 10.1 Å². The Morgan fingerprint density at radius 3 is 2.23 bits per heavy atom. The molecule has 26 heavy (non-hydrogen) atoms. The van der Waals surface area contributed by atoms with Crippen molar-refractivity contribution in [3.8, 4) is 5.75 Å². The van der Waals surface area contributed by atoms with Gasteiger partial charge in [0.15, 0.2) is 0 Å². The van der Waals surface area contributed by atoms with Gasteiger partial charge in [-0.15, -0.1) is 0 Å². The first kappa shape index (κ1) is 22.0. The van der Waals surface area contributed by atoms with Crippen LogP contribution >= 0.6 is 0 Å². The molecule has 132 valence electrons. The Balaban J connectivity index is 0.00000338. The Morgan fingerprint density at radius 1 is 1.12 bits per heavy atom. The van der Waals surface area contributed by atoms with E-state index in [1.807, 2.05) is 0 Å². The SMILES string of the molecule is COc1cc(N=Nc2ccc([N+](=O)[O-])cc2)ccc1NCS(=O)(=O)[O-].[Na+]. The number of nitrogens with zero attached hydrogens (tertiary/aromatic N) is 3. The van der Waals surface area contributed by atoms with Gasteiger partial charge in [0, 0.05) is 18.2 Å². The van der Waals surface area contributed by atoms with E-state index in [1.54, 1.807) is 0 Å². The topological polar surface area (TPSA) is 146 Å². The quantitative estimate of drug-likeness (QED) is 0.230. The molecule has 10 nitrogen and oxygen atoms in total. The van der Waals surface area contributed by atoms with Gasteiger partial charge >= 0.3 is 29.6 Å². The maximum atomic E-state index is 10.7. The summed E-state index contributed by atoms with van der Waals surface area (Å²) in [6, 6.07) is 10.1. The molecule has 0 amide bonds. The third kappa shape index (κ3) is 6.69. The zero-order chi connectivity index (χ0) is 18.4. The summed E-state index contributed by atoms with van der Waals surface area (Å²) in [5.41, 5.74) is 1.09. The molecule has 0 aromatic heterocycles. The van der Waals surface area contributed by atoms with E-state index in [1.165, 1.54) is 49.6 Å². The maximum Gasteiger partial charge on any atom is 1.00 e. The Morgan fingerprint density at radius 2 is 1.69 bits per heavy atom. The Labute approximate surface area is 171 Å². The monoisotopic (exact) mass is 388 g/mol. The summed E-state index contributed by atoms with van der Waals surface area (Å²) in [5.74, 6) is -0.490. The number of azo groups is 1. The van der Waals surface area contributed by atoms with Crippen LogP contribution in [0.2, 0.25) is 0 Å². The Kier molecular flexibility index (Phi) is 8.11. The second-order valence-electron chi connectivity index (χ2n) is 4.74. The van der Waals surface area contributed by atoms with Gasteiger partial charge in [0.2, 0.25) is 0 Å². The van der Waals surface area contributed by atoms with Crippen molar-refractivity contribution >= 4 is 32.9 Å². The standard InChI is InChI=1S/C14H14N4O6S.Na/c1-24-14-8-11(4-7-13(14)15-9-25(21,22)23)17-16-10-2-5-12(6-3-10)18(19)20;/h2-8,15H,9H2,1H3,(H,21,22,23);/q;+1/p-1. The second-order valence-corrected chi connectivity index (χ2v) is 6.14. The van der Waals surface area contributed by atoms with Crippen molar-refractivity contribution in [1.82, 2.24) is 0 Å². The number of nitrogens with one attached hydrogen (secondary N) is 1. The van der Waals surface area contributed by atoms with Crippen LogP contribution in [0.1, 0.15) is 0 Å². The molecular weight excluding hydrogens is 375 g/mol. The minimum absolute atomic E-state index is 0. The van der Waals surface area contributed by atoms with Crippen LogP contribution in [0.25, 0.3) is 0 Å². The maximum absolute atomic E-state index is 10.7. The van der Waals surface area contributed by atoms with Gasteiger partial charge in [-0.25, -0.2) is 8.42 Å². The molecule has 0 heterocycles. The summed E-state index contributed by atoms with van der Waals surface area (Å²) in [6.07, 6.45) is 0. The van der Waals surface area contributed by atoms with Crippen molar-refractivity contribution in [1.29, 1.82) is 0 Å². The second kappa shape index (κ2) is 9.59. The fourth-order valence-corrected chi connectivity index (χ4v) is 2.14. The predicted octanol–water partition coefficient (Wildman–Crippen LogP) is -0.0626. The molecule has 0 atom stereocenters. The number of nitro groups is 1. The summed E-state index contributed by atoms with van der Waals surface area (Å²) in [6.45, 7) is 0. The van der Waals surface area contributed by atoms with E-state index in [-0.39, 0.29) is 41.0 Å². The molecule has 0 fully saturated rings. The molecule has 0 bridgehead atoms. The van der Waals surface area contributed by atoms with Crippen LogP contribution in [0.5, 0.6) is 5.75 Å². The van der Waals surface area contributed by atoms with Crippen molar-refractivity contribution in [3.05, 3.63) is 52.6 Å². The predicted molar refractivity (Wildman–Crippen MR) is 88.5 cm³/mol. The minimum atomic E-state index is -4.42. The van der Waals surface area contributed by atoms with Crippen molar-refractivity contribution in [2.45, 2.75) is 0 Å². The largest absolute Gasteiger partial charge is 1.00 e. The van der Waals surface area contributed by atoms with Crippen molar-refractivity contribution < 1.29 is 52.2 Å². The molecule has 0 saturated heterocycles. The zero-order valence-electron chi connectivity index (χ0n) is 13.9. The molecule has 0 radical (unpaired) electrons. The average Bonchev–Trinajstić information content (AvgIpc) is 2.58. The molecule has 0 aliphatic rings. The number of hydrogen-bond donors (Lipinski definition) is 1. The third-order valence-electron chi connectivity index (χ3n) is 2.97. The van der Waals surface area contributed by atoms with Crippen LogP contribution < -0.4 is 39.6 Å². The van der Waals surface area contributed by atoms with Crippen LogP contribution in [0, 0.1) is 10.1 Å². The number of ether oxygens (including phenoxy) is 1. The number of rotatable bonds is 7. The smallest absolute Gasteiger partial charge is 0.747 e. The summed E-state index contributed by atoms with van der Waals surface area (Å²) in [4.78, 5) is 10.1. The first-order valence-electron chi connectivity index (χ1n) is 6.80. The Bertz CT molecular complexity index is 902. The molecule has 1 N–H and O–H groups in total. The van der Waals surface area contributed by atoms with Crippen LogP contribution in [0.15, 0.2) is 52.7 Å². The molecule has 0 unspecified atom stereocenters. The number of nitro benzene ring substituents is 1. The zero-order valence-corrected chi connectivity index (χ0v) is 16.8. The van der Waals surface area contributed by atoms with Gasteiger partial charge in [0.25, 0.3) is 5.69 Å². The van der Waals surface area contributed by atoms with Crippen LogP contribution in [0.3, 0.4) is 0 Å². The molecule has 12 heteroatoms. The van der Waals surface area contributed by atoms with E-state index in [0.717, 1.165) is 0 Å². The van der Waals surface area contributed by atoms with E-state index in [4.69, 9.17) is 4.74 Å². The summed E-state index contributed by atoms with van der Waals surface area (Å²) >= 11 is 0. The Hall–Kier alpha value is -2.05. The fraction of sp³-hybridized carbons (Fsp3) is 0.143. The van der Waals surface area contributed by atoms with Crippen LogP contribution in [-0.4, -0.2) is 30.9 Å². The molecule has 0 spiro atoms. The van der Waals surface area contributed by atoms with Gasteiger partial charge in [0.05, 0.1) is 29.1 Å². The normalized spacial score (nSPS) is 11.0. The van der Waals surface area contributed by atoms with Gasteiger partial charge in [-0.2, -0.15) is 10.2 Å². The first-order valence-corrected chi connectivity index (χ1v) is 8.38. The number of methoxy groups -OCH3 is 1. The number of benzene rings is 2.